The van der Waals surface area contributed by atoms with Crippen molar-refractivity contribution in [3.05, 3.63) is 34.6 Å². The third-order valence-electron chi connectivity index (χ3n) is 3.88. The zero-order valence-corrected chi connectivity index (χ0v) is 11.6. The van der Waals surface area contributed by atoms with Crippen molar-refractivity contribution < 1.29 is 42.4 Å². The van der Waals surface area contributed by atoms with Gasteiger partial charge in [-0.15, -0.1) is 0 Å². The van der Waals surface area contributed by atoms with Crippen LogP contribution in [0.25, 0.3) is 0 Å². The van der Waals surface area contributed by atoms with E-state index in [4.69, 9.17) is 0 Å². The number of aliphatic hydroxyl groups excluding tert-OH is 4. The quantitative estimate of drug-likeness (QED) is 0.342. The van der Waals surface area contributed by atoms with Crippen LogP contribution in [-0.2, 0) is 6.54 Å². The molecule has 0 amide bonds. The lowest BCUT2D eigenvalue weighted by Crippen LogP contribution is -2.62. The second-order valence-electron chi connectivity index (χ2n) is 5.28. The number of rotatable bonds is 3. The fourth-order valence-electron chi connectivity index (χ4n) is 2.55. The van der Waals surface area contributed by atoms with Crippen LogP contribution in [0, 0.1) is 29.1 Å². The van der Waals surface area contributed by atoms with E-state index in [1.807, 2.05) is 0 Å². The standard InChI is InChI=1S/C13H14F5NO4/c14-7-4(8(15)10(17)11(18)9(7)16)1-19-2-6(21)13(23)12(22)5(19)3-20/h5-6,12-13,20-23H,1-3H2/t5-,6+,12-,13-/m1/s1. The van der Waals surface area contributed by atoms with Crippen LogP contribution in [0.15, 0.2) is 0 Å². The molecule has 4 N–H and O–H groups in total. The first-order chi connectivity index (χ1) is 10.7. The summed E-state index contributed by atoms with van der Waals surface area (Å²) in [6.07, 6.45) is -4.79. The highest BCUT2D eigenvalue weighted by molar-refractivity contribution is 5.24. The first kappa shape index (κ1) is 18.0. The van der Waals surface area contributed by atoms with Crippen LogP contribution in [0.1, 0.15) is 5.56 Å². The minimum Gasteiger partial charge on any atom is -0.395 e. The molecule has 5 nitrogen and oxygen atoms in total. The molecule has 1 heterocycles. The smallest absolute Gasteiger partial charge is 0.200 e. The van der Waals surface area contributed by atoms with Crippen molar-refractivity contribution in [3.63, 3.8) is 0 Å². The summed E-state index contributed by atoms with van der Waals surface area (Å²) in [4.78, 5) is 0.931. The van der Waals surface area contributed by atoms with Gasteiger partial charge in [-0.1, -0.05) is 0 Å². The highest BCUT2D eigenvalue weighted by Crippen LogP contribution is 2.27. The summed E-state index contributed by atoms with van der Waals surface area (Å²) in [5, 5.41) is 38.0. The van der Waals surface area contributed by atoms with Crippen molar-refractivity contribution in [1.29, 1.82) is 0 Å². The van der Waals surface area contributed by atoms with Gasteiger partial charge >= 0.3 is 0 Å². The molecular weight excluding hydrogens is 329 g/mol. The van der Waals surface area contributed by atoms with Gasteiger partial charge in [-0.05, 0) is 0 Å². The van der Waals surface area contributed by atoms with Gasteiger partial charge in [0.2, 0.25) is 5.82 Å². The Kier molecular flexibility index (Phi) is 5.21. The summed E-state index contributed by atoms with van der Waals surface area (Å²) < 4.78 is 66.7. The van der Waals surface area contributed by atoms with Crippen LogP contribution in [-0.4, -0.2) is 62.8 Å². The van der Waals surface area contributed by atoms with E-state index < -0.39 is 78.7 Å². The molecule has 4 atom stereocenters. The van der Waals surface area contributed by atoms with Gasteiger partial charge in [-0.3, -0.25) is 4.90 Å². The Morgan fingerprint density at radius 3 is 1.78 bits per heavy atom. The van der Waals surface area contributed by atoms with E-state index in [9.17, 15) is 42.4 Å². The van der Waals surface area contributed by atoms with Crippen LogP contribution in [0.2, 0.25) is 0 Å². The summed E-state index contributed by atoms with van der Waals surface area (Å²) in [6.45, 7) is -2.07. The third-order valence-corrected chi connectivity index (χ3v) is 3.88. The third kappa shape index (κ3) is 3.04. The van der Waals surface area contributed by atoms with Crippen LogP contribution < -0.4 is 0 Å². The number of piperidine rings is 1. The fourth-order valence-corrected chi connectivity index (χ4v) is 2.55. The highest BCUT2D eigenvalue weighted by atomic mass is 19.2. The molecule has 1 fully saturated rings. The van der Waals surface area contributed by atoms with E-state index in [1.165, 1.54) is 0 Å². The number of halogens is 5. The molecule has 0 saturated carbocycles. The molecule has 1 saturated heterocycles. The number of benzene rings is 1. The molecule has 0 radical (unpaired) electrons. The monoisotopic (exact) mass is 343 g/mol. The number of hydrogen-bond donors (Lipinski definition) is 4. The van der Waals surface area contributed by atoms with E-state index >= 15 is 0 Å². The van der Waals surface area contributed by atoms with Crippen molar-refractivity contribution in [2.45, 2.75) is 30.9 Å². The number of hydrogen-bond acceptors (Lipinski definition) is 5. The van der Waals surface area contributed by atoms with Crippen molar-refractivity contribution in [2.24, 2.45) is 0 Å². The molecule has 0 aromatic heterocycles. The molecule has 1 aliphatic heterocycles. The van der Waals surface area contributed by atoms with Gasteiger partial charge in [0.05, 0.1) is 18.8 Å². The molecule has 1 aliphatic rings. The Hall–Kier alpha value is -1.33. The molecule has 10 heteroatoms. The fraction of sp³-hybridized carbons (Fsp3) is 0.538. The van der Waals surface area contributed by atoms with Crippen molar-refractivity contribution in [1.82, 2.24) is 4.90 Å². The Balaban J connectivity index is 2.38. The average molecular weight is 343 g/mol. The Morgan fingerprint density at radius 1 is 0.826 bits per heavy atom. The molecule has 0 spiro atoms. The van der Waals surface area contributed by atoms with E-state index in [0.29, 0.717) is 0 Å². The first-order valence-electron chi connectivity index (χ1n) is 6.60. The van der Waals surface area contributed by atoms with Gasteiger partial charge in [-0.25, -0.2) is 22.0 Å². The van der Waals surface area contributed by atoms with Gasteiger partial charge in [0.1, 0.15) is 12.2 Å². The van der Waals surface area contributed by atoms with Gasteiger partial charge in [0.15, 0.2) is 23.3 Å². The average Bonchev–Trinajstić information content (AvgIpc) is 2.53. The number of likely N-dealkylation sites (tertiary alicyclic amines) is 1. The van der Waals surface area contributed by atoms with Gasteiger partial charge in [0.25, 0.3) is 0 Å². The summed E-state index contributed by atoms with van der Waals surface area (Å²) in [6, 6.07) is -1.25. The zero-order valence-electron chi connectivity index (χ0n) is 11.6. The minimum absolute atomic E-state index is 0.442. The molecule has 1 aromatic carbocycles. The SMILES string of the molecule is OC[C@@H]1[C@@H](O)[C@H](O)[C@@H](O)CN1Cc1c(F)c(F)c(F)c(F)c1F. The van der Waals surface area contributed by atoms with Crippen molar-refractivity contribution in [3.8, 4) is 0 Å². The maximum absolute atomic E-state index is 13.7. The van der Waals surface area contributed by atoms with E-state index in [1.54, 1.807) is 0 Å². The molecule has 1 aromatic rings. The maximum atomic E-state index is 13.7. The van der Waals surface area contributed by atoms with Gasteiger partial charge < -0.3 is 20.4 Å². The zero-order chi connectivity index (χ0) is 17.5. The van der Waals surface area contributed by atoms with Gasteiger partial charge in [-0.2, -0.15) is 0 Å². The number of nitrogens with zero attached hydrogens (tertiary/aromatic N) is 1. The molecule has 130 valence electrons. The van der Waals surface area contributed by atoms with Crippen LogP contribution in [0.3, 0.4) is 0 Å². The summed E-state index contributed by atoms with van der Waals surface area (Å²) in [5.41, 5.74) is -1.16. The topological polar surface area (TPSA) is 84.2 Å². The van der Waals surface area contributed by atoms with Crippen LogP contribution in [0.4, 0.5) is 22.0 Å². The number of aliphatic hydroxyl groups is 4. The molecule has 0 bridgehead atoms. The molecular formula is C13H14F5NO4. The van der Waals surface area contributed by atoms with Crippen molar-refractivity contribution >= 4 is 0 Å². The highest BCUT2D eigenvalue weighted by Gasteiger charge is 2.42. The van der Waals surface area contributed by atoms with Crippen LogP contribution in [0.5, 0.6) is 0 Å². The first-order valence-corrected chi connectivity index (χ1v) is 6.60. The lowest BCUT2D eigenvalue weighted by molar-refractivity contribution is -0.147. The van der Waals surface area contributed by atoms with E-state index in [0.717, 1.165) is 4.90 Å². The Bertz CT molecular complexity index is 573. The summed E-state index contributed by atoms with van der Waals surface area (Å²) in [5.74, 6) is -10.6. The second-order valence-corrected chi connectivity index (χ2v) is 5.28. The summed E-state index contributed by atoms with van der Waals surface area (Å²) >= 11 is 0. The lowest BCUT2D eigenvalue weighted by atomic mass is 9.93. The normalized spacial score (nSPS) is 29.1. The predicted molar refractivity (Wildman–Crippen MR) is 65.5 cm³/mol. The minimum atomic E-state index is -2.29. The number of β-amino-alcohol motifs (C(OH)–C–C–N with tert-alkyl or cyclic N) is 1. The second kappa shape index (κ2) is 6.65. The van der Waals surface area contributed by atoms with E-state index in [2.05, 4.69) is 0 Å². The molecule has 2 rings (SSSR count). The summed E-state index contributed by atoms with van der Waals surface area (Å²) in [7, 11) is 0. The van der Waals surface area contributed by atoms with Gasteiger partial charge in [0, 0.05) is 18.7 Å². The largest absolute Gasteiger partial charge is 0.395 e. The molecule has 23 heavy (non-hydrogen) atoms. The van der Waals surface area contributed by atoms with Crippen LogP contribution >= 0.6 is 0 Å². The predicted octanol–water partition coefficient (Wildman–Crippen LogP) is -0.359. The lowest BCUT2D eigenvalue weighted by Gasteiger charge is -2.43. The molecule has 0 unspecified atom stereocenters. The Morgan fingerprint density at radius 2 is 1.30 bits per heavy atom. The van der Waals surface area contributed by atoms with Crippen molar-refractivity contribution in [2.75, 3.05) is 13.2 Å². The maximum Gasteiger partial charge on any atom is 0.200 e. The Labute approximate surface area is 127 Å². The van der Waals surface area contributed by atoms with E-state index in [-0.39, 0.29) is 0 Å². The molecule has 0 aliphatic carbocycles.